The fourth-order valence-electron chi connectivity index (χ4n) is 2.33. The van der Waals surface area contributed by atoms with Crippen LogP contribution in [0.4, 0.5) is 0 Å². The third-order valence-corrected chi connectivity index (χ3v) is 3.97. The number of aromatic nitrogens is 1. The Bertz CT molecular complexity index is 653. The lowest BCUT2D eigenvalue weighted by Crippen LogP contribution is -2.12. The Kier molecular flexibility index (Phi) is 4.51. The summed E-state index contributed by atoms with van der Waals surface area (Å²) in [5.41, 5.74) is 4.02. The summed E-state index contributed by atoms with van der Waals surface area (Å²) in [6, 6.07) is 9.85. The van der Waals surface area contributed by atoms with Crippen molar-refractivity contribution in [3.05, 3.63) is 52.8 Å². The SMILES string of the molecule is Cc1cc(C(=O)COc2cccc(C(C)C)c2)c(C)n1C. The molecule has 2 aromatic rings. The lowest BCUT2D eigenvalue weighted by molar-refractivity contribution is 0.0920. The highest BCUT2D eigenvalue weighted by Gasteiger charge is 2.14. The predicted molar refractivity (Wildman–Crippen MR) is 85.2 cm³/mol. The fourth-order valence-corrected chi connectivity index (χ4v) is 2.33. The maximum absolute atomic E-state index is 12.3. The van der Waals surface area contributed by atoms with E-state index in [2.05, 4.69) is 19.9 Å². The van der Waals surface area contributed by atoms with E-state index in [-0.39, 0.29) is 12.4 Å². The summed E-state index contributed by atoms with van der Waals surface area (Å²) in [6.45, 7) is 8.31. The second-order valence-electron chi connectivity index (χ2n) is 5.78. The summed E-state index contributed by atoms with van der Waals surface area (Å²) < 4.78 is 7.68. The smallest absolute Gasteiger partial charge is 0.202 e. The van der Waals surface area contributed by atoms with Gasteiger partial charge in [-0.25, -0.2) is 0 Å². The van der Waals surface area contributed by atoms with Gasteiger partial charge in [0.2, 0.25) is 5.78 Å². The number of nitrogens with zero attached hydrogens (tertiary/aromatic N) is 1. The second kappa shape index (κ2) is 6.17. The number of carbonyl (C=O) groups is 1. The van der Waals surface area contributed by atoms with Crippen molar-refractivity contribution in [2.45, 2.75) is 33.6 Å². The number of hydrogen-bond acceptors (Lipinski definition) is 2. The largest absolute Gasteiger partial charge is 0.485 e. The minimum atomic E-state index is 0.0196. The zero-order chi connectivity index (χ0) is 15.6. The number of hydrogen-bond donors (Lipinski definition) is 0. The zero-order valence-electron chi connectivity index (χ0n) is 13.4. The van der Waals surface area contributed by atoms with Gasteiger partial charge in [0.05, 0.1) is 0 Å². The van der Waals surface area contributed by atoms with Gasteiger partial charge in [-0.05, 0) is 43.5 Å². The van der Waals surface area contributed by atoms with E-state index < -0.39 is 0 Å². The van der Waals surface area contributed by atoms with Crippen molar-refractivity contribution >= 4 is 5.78 Å². The lowest BCUT2D eigenvalue weighted by Gasteiger charge is -2.09. The van der Waals surface area contributed by atoms with E-state index >= 15 is 0 Å². The Hall–Kier alpha value is -2.03. The number of ether oxygens (including phenoxy) is 1. The summed E-state index contributed by atoms with van der Waals surface area (Å²) in [6.07, 6.45) is 0. The van der Waals surface area contributed by atoms with E-state index in [0.717, 1.165) is 22.7 Å². The average molecular weight is 285 g/mol. The number of rotatable bonds is 5. The van der Waals surface area contributed by atoms with E-state index in [1.807, 2.05) is 49.7 Å². The normalized spacial score (nSPS) is 11.0. The van der Waals surface area contributed by atoms with Crippen LogP contribution < -0.4 is 4.74 Å². The van der Waals surface area contributed by atoms with Crippen molar-refractivity contribution in [2.24, 2.45) is 7.05 Å². The molecule has 21 heavy (non-hydrogen) atoms. The number of carbonyl (C=O) groups excluding carboxylic acids is 1. The molecule has 2 rings (SSSR count). The summed E-state index contributed by atoms with van der Waals surface area (Å²) >= 11 is 0. The van der Waals surface area contributed by atoms with Gasteiger partial charge < -0.3 is 9.30 Å². The van der Waals surface area contributed by atoms with Crippen LogP contribution in [0.15, 0.2) is 30.3 Å². The van der Waals surface area contributed by atoms with Gasteiger partial charge in [0.25, 0.3) is 0 Å². The van der Waals surface area contributed by atoms with Gasteiger partial charge >= 0.3 is 0 Å². The molecule has 0 spiro atoms. The minimum Gasteiger partial charge on any atom is -0.485 e. The van der Waals surface area contributed by atoms with Crippen LogP contribution in [0.25, 0.3) is 0 Å². The lowest BCUT2D eigenvalue weighted by atomic mass is 10.0. The molecule has 3 heteroatoms. The van der Waals surface area contributed by atoms with Crippen molar-refractivity contribution in [1.82, 2.24) is 4.57 Å². The van der Waals surface area contributed by atoms with E-state index in [4.69, 9.17) is 4.74 Å². The first-order valence-corrected chi connectivity index (χ1v) is 7.29. The highest BCUT2D eigenvalue weighted by Crippen LogP contribution is 2.21. The van der Waals surface area contributed by atoms with E-state index in [9.17, 15) is 4.79 Å². The highest BCUT2D eigenvalue weighted by molar-refractivity contribution is 5.98. The number of Topliss-reactive ketones (excluding diaryl/α,β-unsaturated/α-hetero) is 1. The predicted octanol–water partition coefficient (Wildman–Crippen LogP) is 4.03. The second-order valence-corrected chi connectivity index (χ2v) is 5.78. The molecule has 3 nitrogen and oxygen atoms in total. The average Bonchev–Trinajstić information content (AvgIpc) is 2.73. The van der Waals surface area contributed by atoms with Crippen molar-refractivity contribution in [1.29, 1.82) is 0 Å². The Balaban J connectivity index is 2.07. The van der Waals surface area contributed by atoms with Crippen molar-refractivity contribution in [3.63, 3.8) is 0 Å². The molecule has 0 aliphatic rings. The van der Waals surface area contributed by atoms with Crippen LogP contribution in [-0.2, 0) is 7.05 Å². The van der Waals surface area contributed by atoms with Gasteiger partial charge in [-0.15, -0.1) is 0 Å². The Morgan fingerprint density at radius 3 is 2.52 bits per heavy atom. The van der Waals surface area contributed by atoms with Gasteiger partial charge in [-0.2, -0.15) is 0 Å². The topological polar surface area (TPSA) is 31.2 Å². The first-order chi connectivity index (χ1) is 9.90. The monoisotopic (exact) mass is 285 g/mol. The fraction of sp³-hybridized carbons (Fsp3) is 0.389. The van der Waals surface area contributed by atoms with Crippen LogP contribution in [0.5, 0.6) is 5.75 Å². The zero-order valence-corrected chi connectivity index (χ0v) is 13.4. The highest BCUT2D eigenvalue weighted by atomic mass is 16.5. The van der Waals surface area contributed by atoms with E-state index in [1.54, 1.807) is 0 Å². The van der Waals surface area contributed by atoms with Crippen LogP contribution in [0.2, 0.25) is 0 Å². The van der Waals surface area contributed by atoms with E-state index in [1.165, 1.54) is 5.56 Å². The molecule has 0 amide bonds. The van der Waals surface area contributed by atoms with Crippen LogP contribution in [0.3, 0.4) is 0 Å². The molecular formula is C18H23NO2. The molecule has 0 radical (unpaired) electrons. The Labute approximate surface area is 126 Å². The molecule has 0 saturated carbocycles. The molecule has 0 unspecified atom stereocenters. The number of benzene rings is 1. The molecule has 0 aliphatic carbocycles. The Morgan fingerprint density at radius 1 is 1.24 bits per heavy atom. The summed E-state index contributed by atoms with van der Waals surface area (Å²) in [4.78, 5) is 12.3. The number of ketones is 1. The molecule has 0 fully saturated rings. The summed E-state index contributed by atoms with van der Waals surface area (Å²) in [5.74, 6) is 1.22. The van der Waals surface area contributed by atoms with Crippen LogP contribution in [0, 0.1) is 13.8 Å². The molecule has 1 aromatic carbocycles. The molecule has 0 N–H and O–H groups in total. The maximum Gasteiger partial charge on any atom is 0.202 e. The molecule has 0 saturated heterocycles. The maximum atomic E-state index is 12.3. The van der Waals surface area contributed by atoms with Gasteiger partial charge in [0, 0.05) is 24.0 Å². The van der Waals surface area contributed by atoms with Crippen LogP contribution >= 0.6 is 0 Å². The minimum absolute atomic E-state index is 0.0196. The molecule has 1 aromatic heterocycles. The van der Waals surface area contributed by atoms with Crippen LogP contribution in [-0.4, -0.2) is 17.0 Å². The van der Waals surface area contributed by atoms with Gasteiger partial charge in [0.1, 0.15) is 5.75 Å². The third kappa shape index (κ3) is 3.35. The van der Waals surface area contributed by atoms with Gasteiger partial charge in [-0.3, -0.25) is 4.79 Å². The third-order valence-electron chi connectivity index (χ3n) is 3.97. The number of aryl methyl sites for hydroxylation is 1. The van der Waals surface area contributed by atoms with Crippen molar-refractivity contribution in [3.8, 4) is 5.75 Å². The molecule has 0 atom stereocenters. The quantitative estimate of drug-likeness (QED) is 0.777. The summed E-state index contributed by atoms with van der Waals surface area (Å²) in [5, 5.41) is 0. The molecule has 0 bridgehead atoms. The first-order valence-electron chi connectivity index (χ1n) is 7.29. The standard InChI is InChI=1S/C18H23NO2/c1-12(2)15-7-6-8-16(10-15)21-11-18(20)17-9-13(3)19(5)14(17)4/h6-10,12H,11H2,1-5H3. The summed E-state index contributed by atoms with van der Waals surface area (Å²) in [7, 11) is 1.97. The molecule has 112 valence electrons. The van der Waals surface area contributed by atoms with Crippen LogP contribution in [0.1, 0.15) is 47.1 Å². The van der Waals surface area contributed by atoms with Gasteiger partial charge in [0.15, 0.2) is 6.61 Å². The Morgan fingerprint density at radius 2 is 1.95 bits per heavy atom. The van der Waals surface area contributed by atoms with Gasteiger partial charge in [-0.1, -0.05) is 26.0 Å². The van der Waals surface area contributed by atoms with E-state index in [0.29, 0.717) is 5.92 Å². The van der Waals surface area contributed by atoms with Crippen molar-refractivity contribution < 1.29 is 9.53 Å². The first kappa shape index (κ1) is 15.4. The van der Waals surface area contributed by atoms with Crippen molar-refractivity contribution in [2.75, 3.05) is 6.61 Å². The molecule has 0 aliphatic heterocycles. The molecular weight excluding hydrogens is 262 g/mol. The molecule has 1 heterocycles.